The number of nitrogens with zero attached hydrogens (tertiary/aromatic N) is 3. The summed E-state index contributed by atoms with van der Waals surface area (Å²) in [7, 11) is 0. The number of hydrogen-bond acceptors (Lipinski definition) is 6. The highest BCUT2D eigenvalue weighted by Gasteiger charge is 2.27. The van der Waals surface area contributed by atoms with Crippen LogP contribution in [0, 0.1) is 0 Å². The lowest BCUT2D eigenvalue weighted by molar-refractivity contribution is 0.0687. The number of carbonyl (C=O) groups is 1. The Bertz CT molecular complexity index is 1120. The molecule has 0 saturated carbocycles. The Balaban J connectivity index is 1.29. The maximum Gasteiger partial charge on any atom is 0.267 e. The smallest absolute Gasteiger partial charge is 0.267 e. The summed E-state index contributed by atoms with van der Waals surface area (Å²) < 4.78 is 12.7. The van der Waals surface area contributed by atoms with E-state index in [2.05, 4.69) is 5.10 Å². The minimum absolute atomic E-state index is 0.0123. The number of piperidine rings is 1. The maximum atomic E-state index is 13.0. The molecule has 0 aliphatic carbocycles. The Labute approximate surface area is 177 Å². The van der Waals surface area contributed by atoms with Crippen LogP contribution in [0.15, 0.2) is 52.6 Å². The fourth-order valence-corrected chi connectivity index (χ4v) is 4.61. The molecule has 4 heterocycles. The molecule has 1 saturated heterocycles. The van der Waals surface area contributed by atoms with Crippen molar-refractivity contribution in [2.75, 3.05) is 26.3 Å². The average molecular weight is 423 g/mol. The van der Waals surface area contributed by atoms with E-state index in [1.165, 1.54) is 0 Å². The number of carbonyl (C=O) groups excluding carboxylic acids is 1. The number of aromatic nitrogens is 2. The molecule has 1 amide bonds. The van der Waals surface area contributed by atoms with Gasteiger partial charge in [0, 0.05) is 24.7 Å². The largest absolute Gasteiger partial charge is 0.486 e. The van der Waals surface area contributed by atoms with Crippen molar-refractivity contribution >= 4 is 17.2 Å². The molecule has 1 fully saturated rings. The number of thiophene rings is 1. The van der Waals surface area contributed by atoms with E-state index in [0.29, 0.717) is 56.2 Å². The Morgan fingerprint density at radius 1 is 1.03 bits per heavy atom. The van der Waals surface area contributed by atoms with Gasteiger partial charge in [-0.2, -0.15) is 5.10 Å². The van der Waals surface area contributed by atoms with Gasteiger partial charge in [-0.05, 0) is 48.6 Å². The van der Waals surface area contributed by atoms with Crippen LogP contribution in [0.1, 0.15) is 29.2 Å². The highest BCUT2D eigenvalue weighted by atomic mass is 32.1. The van der Waals surface area contributed by atoms with Crippen molar-refractivity contribution in [2.45, 2.75) is 18.9 Å². The van der Waals surface area contributed by atoms with Crippen LogP contribution in [-0.2, 0) is 0 Å². The topological polar surface area (TPSA) is 73.7 Å². The van der Waals surface area contributed by atoms with Gasteiger partial charge in [0.2, 0.25) is 0 Å². The van der Waals surface area contributed by atoms with Gasteiger partial charge in [0.05, 0.1) is 10.9 Å². The number of benzene rings is 1. The third-order valence-electron chi connectivity index (χ3n) is 5.49. The number of amides is 1. The number of fused-ring (bicyclic) bond motifs is 1. The predicted octanol–water partition coefficient (Wildman–Crippen LogP) is 3.22. The Kier molecular flexibility index (Phi) is 5.00. The van der Waals surface area contributed by atoms with E-state index in [1.807, 2.05) is 22.4 Å². The molecule has 2 aliphatic heterocycles. The van der Waals surface area contributed by atoms with E-state index >= 15 is 0 Å². The van der Waals surface area contributed by atoms with E-state index < -0.39 is 0 Å². The SMILES string of the molecule is O=C(c1ccc2c(c1)OCCO2)N1CCC(n2nc(-c3cccs3)ccc2=O)CC1. The van der Waals surface area contributed by atoms with Crippen LogP contribution < -0.4 is 15.0 Å². The quantitative estimate of drug-likeness (QED) is 0.647. The molecule has 0 bridgehead atoms. The highest BCUT2D eigenvalue weighted by Crippen LogP contribution is 2.32. The second-order valence-electron chi connectivity index (χ2n) is 7.36. The van der Waals surface area contributed by atoms with Crippen molar-refractivity contribution in [3.05, 3.63) is 63.8 Å². The van der Waals surface area contributed by atoms with E-state index in [1.54, 1.807) is 46.4 Å². The van der Waals surface area contributed by atoms with Crippen LogP contribution in [0.2, 0.25) is 0 Å². The lowest BCUT2D eigenvalue weighted by Crippen LogP contribution is -2.41. The van der Waals surface area contributed by atoms with E-state index in [4.69, 9.17) is 9.47 Å². The molecule has 7 nitrogen and oxygen atoms in total. The summed E-state index contributed by atoms with van der Waals surface area (Å²) in [5.74, 6) is 1.26. The third kappa shape index (κ3) is 3.59. The molecule has 0 spiro atoms. The fourth-order valence-electron chi connectivity index (χ4n) is 3.92. The van der Waals surface area contributed by atoms with Crippen LogP contribution >= 0.6 is 11.3 Å². The van der Waals surface area contributed by atoms with Crippen LogP contribution in [0.3, 0.4) is 0 Å². The number of ether oxygens (including phenoxy) is 2. The van der Waals surface area contributed by atoms with Crippen LogP contribution in [0.25, 0.3) is 10.6 Å². The molecule has 0 N–H and O–H groups in total. The number of likely N-dealkylation sites (tertiary alicyclic amines) is 1. The summed E-state index contributed by atoms with van der Waals surface area (Å²) in [6, 6.07) is 12.6. The first-order chi connectivity index (χ1) is 14.7. The maximum absolute atomic E-state index is 13.0. The molecule has 154 valence electrons. The first-order valence-corrected chi connectivity index (χ1v) is 10.9. The normalized spacial score (nSPS) is 16.5. The van der Waals surface area contributed by atoms with Gasteiger partial charge < -0.3 is 14.4 Å². The molecule has 30 heavy (non-hydrogen) atoms. The van der Waals surface area contributed by atoms with Gasteiger partial charge in [-0.15, -0.1) is 11.3 Å². The van der Waals surface area contributed by atoms with Crippen molar-refractivity contribution in [1.82, 2.24) is 14.7 Å². The Morgan fingerprint density at radius 2 is 1.83 bits per heavy atom. The van der Waals surface area contributed by atoms with Gasteiger partial charge in [-0.1, -0.05) is 6.07 Å². The minimum atomic E-state index is -0.105. The highest BCUT2D eigenvalue weighted by molar-refractivity contribution is 7.13. The van der Waals surface area contributed by atoms with Crippen LogP contribution in [0.4, 0.5) is 0 Å². The van der Waals surface area contributed by atoms with Crippen LogP contribution in [-0.4, -0.2) is 46.9 Å². The predicted molar refractivity (Wildman–Crippen MR) is 113 cm³/mol. The first kappa shape index (κ1) is 18.9. The molecule has 0 radical (unpaired) electrons. The molecule has 8 heteroatoms. The summed E-state index contributed by atoms with van der Waals surface area (Å²) in [5.41, 5.74) is 1.29. The molecule has 2 aromatic heterocycles. The third-order valence-corrected chi connectivity index (χ3v) is 6.38. The molecular weight excluding hydrogens is 402 g/mol. The summed E-state index contributed by atoms with van der Waals surface area (Å²) >= 11 is 1.60. The van der Waals surface area contributed by atoms with Crippen molar-refractivity contribution in [2.24, 2.45) is 0 Å². The van der Waals surface area contributed by atoms with Gasteiger partial charge in [0.25, 0.3) is 11.5 Å². The van der Waals surface area contributed by atoms with Crippen molar-refractivity contribution in [3.8, 4) is 22.1 Å². The van der Waals surface area contributed by atoms with Gasteiger partial charge in [0.1, 0.15) is 18.9 Å². The summed E-state index contributed by atoms with van der Waals surface area (Å²) in [4.78, 5) is 28.2. The zero-order chi connectivity index (χ0) is 20.5. The molecule has 2 aliphatic rings. The fraction of sp³-hybridized carbons (Fsp3) is 0.318. The van der Waals surface area contributed by atoms with E-state index in [0.717, 1.165) is 10.6 Å². The Hall–Kier alpha value is -3.13. The minimum Gasteiger partial charge on any atom is -0.486 e. The van der Waals surface area contributed by atoms with Gasteiger partial charge in [0.15, 0.2) is 11.5 Å². The number of hydrogen-bond donors (Lipinski definition) is 0. The monoisotopic (exact) mass is 423 g/mol. The van der Waals surface area contributed by atoms with E-state index in [-0.39, 0.29) is 17.5 Å². The molecule has 5 rings (SSSR count). The second-order valence-corrected chi connectivity index (χ2v) is 8.31. The molecule has 0 unspecified atom stereocenters. The first-order valence-electron chi connectivity index (χ1n) is 10.0. The molecule has 1 aromatic carbocycles. The molecular formula is C22H21N3O4S. The Morgan fingerprint density at radius 3 is 2.60 bits per heavy atom. The van der Waals surface area contributed by atoms with Crippen molar-refractivity contribution < 1.29 is 14.3 Å². The summed E-state index contributed by atoms with van der Waals surface area (Å²) in [5, 5.41) is 6.59. The number of rotatable bonds is 3. The second kappa shape index (κ2) is 7.95. The van der Waals surface area contributed by atoms with Crippen molar-refractivity contribution in [1.29, 1.82) is 0 Å². The van der Waals surface area contributed by atoms with Gasteiger partial charge in [-0.25, -0.2) is 4.68 Å². The zero-order valence-electron chi connectivity index (χ0n) is 16.3. The standard InChI is InChI=1S/C22H21N3O4S/c26-21-6-4-17(20-2-1-13-30-20)23-25(21)16-7-9-24(10-8-16)22(27)15-3-5-18-19(14-15)29-12-11-28-18/h1-6,13-14,16H,7-12H2. The van der Waals surface area contributed by atoms with E-state index in [9.17, 15) is 9.59 Å². The van der Waals surface area contributed by atoms with Crippen molar-refractivity contribution in [3.63, 3.8) is 0 Å². The van der Waals surface area contributed by atoms with Crippen LogP contribution in [0.5, 0.6) is 11.5 Å². The molecule has 0 atom stereocenters. The summed E-state index contributed by atoms with van der Waals surface area (Å²) in [6.45, 7) is 2.17. The van der Waals surface area contributed by atoms with Gasteiger partial charge >= 0.3 is 0 Å². The zero-order valence-corrected chi connectivity index (χ0v) is 17.1. The lowest BCUT2D eigenvalue weighted by atomic mass is 10.0. The van der Waals surface area contributed by atoms with Gasteiger partial charge in [-0.3, -0.25) is 9.59 Å². The lowest BCUT2D eigenvalue weighted by Gasteiger charge is -2.32. The summed E-state index contributed by atoms with van der Waals surface area (Å²) in [6.07, 6.45) is 1.38. The molecule has 3 aromatic rings. The average Bonchev–Trinajstić information content (AvgIpc) is 3.34.